The number of oxazole rings is 1. The number of fused-ring (bicyclic) bond motifs is 1. The van der Waals surface area contributed by atoms with Crippen LogP contribution in [0.2, 0.25) is 0 Å². The van der Waals surface area contributed by atoms with E-state index in [1.807, 2.05) is 37.3 Å². The topological polar surface area (TPSA) is 75.1 Å². The quantitative estimate of drug-likeness (QED) is 0.732. The summed E-state index contributed by atoms with van der Waals surface area (Å²) >= 11 is 0. The van der Waals surface area contributed by atoms with E-state index in [1.165, 1.54) is 11.1 Å². The maximum Gasteiger partial charge on any atom is 0.417 e. The standard InChI is InChI=1S/C19H20N2O3/c1-13-3-2-4-14(11-13)6-8-18(22)20-10-9-15-5-7-17-16(12-15)21-19(23)24-17/h2-5,7,11-12H,6,8-10H2,1H3,(H,20,22)(H,21,23). The zero-order chi connectivity index (χ0) is 16.9. The highest BCUT2D eigenvalue weighted by Gasteiger charge is 2.04. The van der Waals surface area contributed by atoms with Crippen molar-refractivity contribution in [3.63, 3.8) is 0 Å². The summed E-state index contributed by atoms with van der Waals surface area (Å²) < 4.78 is 4.97. The lowest BCUT2D eigenvalue weighted by atomic mass is 10.1. The summed E-state index contributed by atoms with van der Waals surface area (Å²) in [6.07, 6.45) is 1.94. The number of hydrogen-bond acceptors (Lipinski definition) is 3. The van der Waals surface area contributed by atoms with Crippen molar-refractivity contribution in [1.82, 2.24) is 10.3 Å². The summed E-state index contributed by atoms with van der Waals surface area (Å²) in [5.41, 5.74) is 4.66. The lowest BCUT2D eigenvalue weighted by Gasteiger charge is -2.06. The molecule has 0 unspecified atom stereocenters. The van der Waals surface area contributed by atoms with Crippen molar-refractivity contribution >= 4 is 17.0 Å². The molecule has 0 spiro atoms. The molecule has 1 heterocycles. The molecule has 2 N–H and O–H groups in total. The fraction of sp³-hybridized carbons (Fsp3) is 0.263. The molecular formula is C19H20N2O3. The van der Waals surface area contributed by atoms with Crippen LogP contribution in [0.5, 0.6) is 0 Å². The van der Waals surface area contributed by atoms with Crippen LogP contribution in [0.1, 0.15) is 23.1 Å². The van der Waals surface area contributed by atoms with Gasteiger partial charge in [0.25, 0.3) is 0 Å². The van der Waals surface area contributed by atoms with Crippen molar-refractivity contribution in [2.24, 2.45) is 0 Å². The Morgan fingerprint density at radius 1 is 1.12 bits per heavy atom. The van der Waals surface area contributed by atoms with Crippen LogP contribution in [0.15, 0.2) is 51.7 Å². The second-order valence-corrected chi connectivity index (χ2v) is 5.93. The molecule has 0 bridgehead atoms. The molecule has 5 nitrogen and oxygen atoms in total. The Bertz CT molecular complexity index is 908. The number of hydrogen-bond donors (Lipinski definition) is 2. The highest BCUT2D eigenvalue weighted by atomic mass is 16.4. The SMILES string of the molecule is Cc1cccc(CCC(=O)NCCc2ccc3oc(=O)[nH]c3c2)c1. The van der Waals surface area contributed by atoms with Gasteiger partial charge in [0.05, 0.1) is 5.52 Å². The van der Waals surface area contributed by atoms with Crippen molar-refractivity contribution in [1.29, 1.82) is 0 Å². The minimum Gasteiger partial charge on any atom is -0.408 e. The number of amides is 1. The van der Waals surface area contributed by atoms with E-state index >= 15 is 0 Å². The summed E-state index contributed by atoms with van der Waals surface area (Å²) in [5.74, 6) is -0.402. The highest BCUT2D eigenvalue weighted by molar-refractivity contribution is 5.76. The number of aryl methyl sites for hydroxylation is 2. The largest absolute Gasteiger partial charge is 0.417 e. The van der Waals surface area contributed by atoms with Crippen molar-refractivity contribution in [2.75, 3.05) is 6.54 Å². The van der Waals surface area contributed by atoms with E-state index in [0.717, 1.165) is 12.0 Å². The Labute approximate surface area is 139 Å². The van der Waals surface area contributed by atoms with E-state index in [2.05, 4.69) is 16.4 Å². The van der Waals surface area contributed by atoms with Gasteiger partial charge < -0.3 is 9.73 Å². The van der Waals surface area contributed by atoms with Crippen LogP contribution < -0.4 is 11.1 Å². The third-order valence-electron chi connectivity index (χ3n) is 3.94. The van der Waals surface area contributed by atoms with E-state index in [1.54, 1.807) is 6.07 Å². The number of carbonyl (C=O) groups is 1. The van der Waals surface area contributed by atoms with Crippen LogP contribution in [-0.4, -0.2) is 17.4 Å². The Morgan fingerprint density at radius 3 is 2.79 bits per heavy atom. The number of H-pyrrole nitrogens is 1. The van der Waals surface area contributed by atoms with Crippen LogP contribution in [0.3, 0.4) is 0 Å². The first-order chi connectivity index (χ1) is 11.6. The number of aromatic amines is 1. The van der Waals surface area contributed by atoms with Gasteiger partial charge in [-0.3, -0.25) is 9.78 Å². The molecule has 1 amide bonds. The average Bonchev–Trinajstić information content (AvgIpc) is 2.92. The Morgan fingerprint density at radius 2 is 1.96 bits per heavy atom. The van der Waals surface area contributed by atoms with Gasteiger partial charge in [-0.2, -0.15) is 0 Å². The van der Waals surface area contributed by atoms with Crippen LogP contribution >= 0.6 is 0 Å². The summed E-state index contributed by atoms with van der Waals surface area (Å²) in [6.45, 7) is 2.62. The van der Waals surface area contributed by atoms with Crippen LogP contribution in [-0.2, 0) is 17.6 Å². The summed E-state index contributed by atoms with van der Waals surface area (Å²) in [6, 6.07) is 13.8. The molecule has 0 saturated carbocycles. The lowest BCUT2D eigenvalue weighted by Crippen LogP contribution is -2.25. The lowest BCUT2D eigenvalue weighted by molar-refractivity contribution is -0.121. The average molecular weight is 324 g/mol. The van der Waals surface area contributed by atoms with Crippen molar-refractivity contribution < 1.29 is 9.21 Å². The zero-order valence-corrected chi connectivity index (χ0v) is 13.6. The molecule has 3 rings (SSSR count). The summed E-state index contributed by atoms with van der Waals surface area (Å²) in [7, 11) is 0. The predicted molar refractivity (Wildman–Crippen MR) is 93.0 cm³/mol. The monoisotopic (exact) mass is 324 g/mol. The first-order valence-electron chi connectivity index (χ1n) is 8.04. The number of nitrogens with one attached hydrogen (secondary N) is 2. The molecule has 5 heteroatoms. The summed E-state index contributed by atoms with van der Waals surface area (Å²) in [4.78, 5) is 25.7. The molecule has 24 heavy (non-hydrogen) atoms. The van der Waals surface area contributed by atoms with Gasteiger partial charge in [-0.25, -0.2) is 4.79 Å². The van der Waals surface area contributed by atoms with Gasteiger partial charge in [-0.05, 0) is 43.0 Å². The highest BCUT2D eigenvalue weighted by Crippen LogP contribution is 2.12. The van der Waals surface area contributed by atoms with Crippen molar-refractivity contribution in [3.8, 4) is 0 Å². The molecule has 0 aliphatic rings. The van der Waals surface area contributed by atoms with E-state index in [4.69, 9.17) is 4.42 Å². The van der Waals surface area contributed by atoms with E-state index in [0.29, 0.717) is 30.5 Å². The molecule has 0 saturated heterocycles. The van der Waals surface area contributed by atoms with Gasteiger partial charge in [-0.1, -0.05) is 35.9 Å². The minimum atomic E-state index is -0.452. The predicted octanol–water partition coefficient (Wildman–Crippen LogP) is 2.72. The maximum atomic E-state index is 11.9. The van der Waals surface area contributed by atoms with E-state index in [9.17, 15) is 9.59 Å². The third-order valence-corrected chi connectivity index (χ3v) is 3.94. The van der Waals surface area contributed by atoms with Gasteiger partial charge in [0.1, 0.15) is 0 Å². The van der Waals surface area contributed by atoms with Crippen molar-refractivity contribution in [2.45, 2.75) is 26.2 Å². The molecule has 124 valence electrons. The first-order valence-corrected chi connectivity index (χ1v) is 8.04. The summed E-state index contributed by atoms with van der Waals surface area (Å²) in [5, 5.41) is 2.93. The Kier molecular flexibility index (Phi) is 4.79. The molecule has 0 radical (unpaired) electrons. The van der Waals surface area contributed by atoms with E-state index < -0.39 is 5.76 Å². The second-order valence-electron chi connectivity index (χ2n) is 5.93. The smallest absolute Gasteiger partial charge is 0.408 e. The molecule has 0 aliphatic heterocycles. The molecule has 3 aromatic rings. The number of carbonyl (C=O) groups excluding carboxylic acids is 1. The number of aromatic nitrogens is 1. The second kappa shape index (κ2) is 7.17. The van der Waals surface area contributed by atoms with Crippen LogP contribution in [0.4, 0.5) is 0 Å². The van der Waals surface area contributed by atoms with Crippen molar-refractivity contribution in [3.05, 3.63) is 69.7 Å². The molecule has 0 atom stereocenters. The van der Waals surface area contributed by atoms with Gasteiger partial charge in [0, 0.05) is 13.0 Å². The van der Waals surface area contributed by atoms with Gasteiger partial charge in [0.2, 0.25) is 5.91 Å². The van der Waals surface area contributed by atoms with E-state index in [-0.39, 0.29) is 5.91 Å². The first kappa shape index (κ1) is 16.1. The van der Waals surface area contributed by atoms with Crippen LogP contribution in [0, 0.1) is 6.92 Å². The van der Waals surface area contributed by atoms with Gasteiger partial charge in [-0.15, -0.1) is 0 Å². The number of rotatable bonds is 6. The van der Waals surface area contributed by atoms with Gasteiger partial charge in [0.15, 0.2) is 5.58 Å². The fourth-order valence-corrected chi connectivity index (χ4v) is 2.71. The van der Waals surface area contributed by atoms with Crippen LogP contribution in [0.25, 0.3) is 11.1 Å². The fourth-order valence-electron chi connectivity index (χ4n) is 2.71. The minimum absolute atomic E-state index is 0.0503. The Hall–Kier alpha value is -2.82. The number of benzene rings is 2. The van der Waals surface area contributed by atoms with Gasteiger partial charge >= 0.3 is 5.76 Å². The zero-order valence-electron chi connectivity index (χ0n) is 13.6. The molecular weight excluding hydrogens is 304 g/mol. The molecule has 0 fully saturated rings. The molecule has 2 aromatic carbocycles. The third kappa shape index (κ3) is 4.13. The maximum absolute atomic E-state index is 11.9. The normalized spacial score (nSPS) is 10.9. The molecule has 0 aliphatic carbocycles. The molecule has 1 aromatic heterocycles. The Balaban J connectivity index is 1.46.